The first-order valence-corrected chi connectivity index (χ1v) is 11.9. The van der Waals surface area contributed by atoms with Crippen LogP contribution in [0.1, 0.15) is 24.0 Å². The Kier molecular flexibility index (Phi) is 7.56. The third-order valence-corrected chi connectivity index (χ3v) is 7.48. The molecule has 1 N–H and O–H groups in total. The van der Waals surface area contributed by atoms with Crippen LogP contribution in [0.3, 0.4) is 0 Å². The van der Waals surface area contributed by atoms with Gasteiger partial charge in [0.25, 0.3) is 0 Å². The fourth-order valence-electron chi connectivity index (χ4n) is 3.56. The molecule has 1 atom stereocenters. The van der Waals surface area contributed by atoms with Gasteiger partial charge < -0.3 is 14.8 Å². The van der Waals surface area contributed by atoms with Crippen LogP contribution in [0.5, 0.6) is 11.5 Å². The van der Waals surface area contributed by atoms with Gasteiger partial charge in [0.15, 0.2) is 0 Å². The molecule has 0 radical (unpaired) electrons. The van der Waals surface area contributed by atoms with Crippen LogP contribution in [0.15, 0.2) is 47.4 Å². The van der Waals surface area contributed by atoms with Gasteiger partial charge in [-0.05, 0) is 74.2 Å². The molecule has 1 aliphatic heterocycles. The fraction of sp³-hybridized carbons (Fsp3) is 0.435. The maximum atomic E-state index is 13.0. The van der Waals surface area contributed by atoms with Gasteiger partial charge in [0, 0.05) is 13.1 Å². The molecule has 1 amide bonds. The van der Waals surface area contributed by atoms with Crippen molar-refractivity contribution in [2.45, 2.75) is 31.6 Å². The summed E-state index contributed by atoms with van der Waals surface area (Å²) in [6, 6.07) is 12.2. The van der Waals surface area contributed by atoms with E-state index in [4.69, 9.17) is 9.47 Å². The second-order valence-corrected chi connectivity index (χ2v) is 9.70. The molecule has 1 unspecified atom stereocenters. The number of aryl methyl sites for hydroxylation is 2. The number of rotatable bonds is 8. The molecule has 31 heavy (non-hydrogen) atoms. The molecule has 0 aliphatic carbocycles. The zero-order chi connectivity index (χ0) is 22.4. The Morgan fingerprint density at radius 2 is 1.81 bits per heavy atom. The molecule has 1 aliphatic rings. The number of nitrogens with zero attached hydrogens (tertiary/aromatic N) is 1. The lowest BCUT2D eigenvalue weighted by molar-refractivity contribution is -0.126. The van der Waals surface area contributed by atoms with Gasteiger partial charge >= 0.3 is 0 Å². The molecule has 2 aromatic rings. The first-order valence-electron chi connectivity index (χ1n) is 10.4. The van der Waals surface area contributed by atoms with Gasteiger partial charge in [-0.1, -0.05) is 6.07 Å². The standard InChI is InChI=1S/C23H30N2O5S/c1-17-6-7-21(15-18(17)2)30-14-12-24-23(26)19-5-4-13-25(16-19)31(27,28)22-10-8-20(29-3)9-11-22/h6-11,15,19H,4-5,12-14,16H2,1-3H3,(H,24,26). The Morgan fingerprint density at radius 3 is 2.48 bits per heavy atom. The van der Waals surface area contributed by atoms with Crippen molar-refractivity contribution in [3.8, 4) is 11.5 Å². The normalized spacial score (nSPS) is 17.2. The van der Waals surface area contributed by atoms with Crippen molar-refractivity contribution in [3.05, 3.63) is 53.6 Å². The predicted octanol–water partition coefficient (Wildman–Crippen LogP) is 2.91. The SMILES string of the molecule is COc1ccc(S(=O)(=O)N2CCCC(C(=O)NCCOc3ccc(C)c(C)c3)C2)cc1. The third kappa shape index (κ3) is 5.77. The number of ether oxygens (including phenoxy) is 2. The van der Waals surface area contributed by atoms with E-state index < -0.39 is 10.0 Å². The quantitative estimate of drug-likeness (QED) is 0.631. The number of piperidine rings is 1. The van der Waals surface area contributed by atoms with E-state index in [0.717, 1.165) is 11.3 Å². The number of hydrogen-bond acceptors (Lipinski definition) is 5. The van der Waals surface area contributed by atoms with E-state index >= 15 is 0 Å². The largest absolute Gasteiger partial charge is 0.497 e. The lowest BCUT2D eigenvalue weighted by atomic mass is 9.99. The van der Waals surface area contributed by atoms with Crippen molar-refractivity contribution in [2.24, 2.45) is 5.92 Å². The van der Waals surface area contributed by atoms with Crippen LogP contribution in [0, 0.1) is 19.8 Å². The highest BCUT2D eigenvalue weighted by Gasteiger charge is 2.33. The molecule has 0 saturated carbocycles. The average molecular weight is 447 g/mol. The minimum absolute atomic E-state index is 0.140. The molecule has 1 fully saturated rings. The monoisotopic (exact) mass is 446 g/mol. The van der Waals surface area contributed by atoms with Crippen molar-refractivity contribution in [1.29, 1.82) is 0 Å². The molecule has 1 saturated heterocycles. The second-order valence-electron chi connectivity index (χ2n) is 7.76. The molecule has 1 heterocycles. The Bertz CT molecular complexity index is 1010. The lowest BCUT2D eigenvalue weighted by Crippen LogP contribution is -2.45. The molecule has 168 valence electrons. The van der Waals surface area contributed by atoms with Gasteiger partial charge in [-0.25, -0.2) is 8.42 Å². The minimum Gasteiger partial charge on any atom is -0.497 e. The Labute approximate surface area is 184 Å². The molecular formula is C23H30N2O5S. The summed E-state index contributed by atoms with van der Waals surface area (Å²) in [5.74, 6) is 0.853. The summed E-state index contributed by atoms with van der Waals surface area (Å²) in [7, 11) is -2.12. The molecule has 2 aromatic carbocycles. The number of sulfonamides is 1. The van der Waals surface area contributed by atoms with Gasteiger partial charge in [0.1, 0.15) is 18.1 Å². The van der Waals surface area contributed by atoms with Crippen LogP contribution in [0.4, 0.5) is 0 Å². The summed E-state index contributed by atoms with van der Waals surface area (Å²) in [6.07, 6.45) is 1.31. The fourth-order valence-corrected chi connectivity index (χ4v) is 5.09. The smallest absolute Gasteiger partial charge is 0.243 e. The number of benzene rings is 2. The highest BCUT2D eigenvalue weighted by molar-refractivity contribution is 7.89. The Hall–Kier alpha value is -2.58. The molecular weight excluding hydrogens is 416 g/mol. The van der Waals surface area contributed by atoms with E-state index in [2.05, 4.69) is 5.32 Å². The van der Waals surface area contributed by atoms with Gasteiger partial charge in [0.2, 0.25) is 15.9 Å². The number of carbonyl (C=O) groups is 1. The first kappa shape index (κ1) is 23.1. The number of amides is 1. The Balaban J connectivity index is 1.51. The Morgan fingerprint density at radius 1 is 1.10 bits per heavy atom. The first-order chi connectivity index (χ1) is 14.8. The van der Waals surface area contributed by atoms with Crippen molar-refractivity contribution >= 4 is 15.9 Å². The summed E-state index contributed by atoms with van der Waals surface area (Å²) in [5, 5.41) is 2.87. The van der Waals surface area contributed by atoms with E-state index in [9.17, 15) is 13.2 Å². The maximum absolute atomic E-state index is 13.0. The predicted molar refractivity (Wildman–Crippen MR) is 119 cm³/mol. The molecule has 7 nitrogen and oxygen atoms in total. The van der Waals surface area contributed by atoms with Gasteiger partial charge in [-0.2, -0.15) is 4.31 Å². The van der Waals surface area contributed by atoms with Gasteiger partial charge in [-0.3, -0.25) is 4.79 Å². The molecule has 8 heteroatoms. The van der Waals surface area contributed by atoms with Crippen LogP contribution >= 0.6 is 0 Å². The number of carbonyl (C=O) groups excluding carboxylic acids is 1. The van der Waals surface area contributed by atoms with Crippen molar-refractivity contribution in [2.75, 3.05) is 33.4 Å². The molecule has 0 bridgehead atoms. The van der Waals surface area contributed by atoms with E-state index in [-0.39, 0.29) is 23.3 Å². The minimum atomic E-state index is -3.65. The zero-order valence-electron chi connectivity index (χ0n) is 18.3. The third-order valence-electron chi connectivity index (χ3n) is 5.60. The van der Waals surface area contributed by atoms with E-state index in [0.29, 0.717) is 38.3 Å². The summed E-state index contributed by atoms with van der Waals surface area (Å²) in [6.45, 7) is 5.38. The van der Waals surface area contributed by atoms with Crippen molar-refractivity contribution in [1.82, 2.24) is 9.62 Å². The van der Waals surface area contributed by atoms with Crippen molar-refractivity contribution in [3.63, 3.8) is 0 Å². The van der Waals surface area contributed by atoms with Gasteiger partial charge in [-0.15, -0.1) is 0 Å². The number of nitrogens with one attached hydrogen (secondary N) is 1. The second kappa shape index (κ2) is 10.2. The maximum Gasteiger partial charge on any atom is 0.243 e. The molecule has 0 spiro atoms. The van der Waals surface area contributed by atoms with Crippen LogP contribution in [0.2, 0.25) is 0 Å². The van der Waals surface area contributed by atoms with E-state index in [1.165, 1.54) is 29.1 Å². The van der Waals surface area contributed by atoms with Crippen molar-refractivity contribution < 1.29 is 22.7 Å². The number of methoxy groups -OCH3 is 1. The van der Waals surface area contributed by atoms with E-state index in [1.54, 1.807) is 12.1 Å². The summed E-state index contributed by atoms with van der Waals surface area (Å²) in [5.41, 5.74) is 2.36. The number of hydrogen-bond donors (Lipinski definition) is 1. The van der Waals surface area contributed by atoms with Crippen LogP contribution in [-0.4, -0.2) is 52.0 Å². The lowest BCUT2D eigenvalue weighted by Gasteiger charge is -2.31. The van der Waals surface area contributed by atoms with Crippen LogP contribution in [0.25, 0.3) is 0 Å². The van der Waals surface area contributed by atoms with Crippen LogP contribution < -0.4 is 14.8 Å². The summed E-state index contributed by atoms with van der Waals surface area (Å²) >= 11 is 0. The van der Waals surface area contributed by atoms with E-state index in [1.807, 2.05) is 32.0 Å². The summed E-state index contributed by atoms with van der Waals surface area (Å²) in [4.78, 5) is 12.8. The summed E-state index contributed by atoms with van der Waals surface area (Å²) < 4.78 is 38.1. The molecule has 0 aromatic heterocycles. The molecule has 3 rings (SSSR count). The van der Waals surface area contributed by atoms with Crippen LogP contribution in [-0.2, 0) is 14.8 Å². The highest BCUT2D eigenvalue weighted by atomic mass is 32.2. The topological polar surface area (TPSA) is 84.9 Å². The highest BCUT2D eigenvalue weighted by Crippen LogP contribution is 2.25. The van der Waals surface area contributed by atoms with Gasteiger partial charge in [0.05, 0.1) is 24.5 Å². The zero-order valence-corrected chi connectivity index (χ0v) is 19.1. The average Bonchev–Trinajstić information content (AvgIpc) is 2.79.